The Morgan fingerprint density at radius 3 is 2.39 bits per heavy atom. The Hall–Kier alpha value is -2.16. The minimum absolute atomic E-state index is 0.0355. The molecule has 1 amide bonds. The van der Waals surface area contributed by atoms with E-state index in [2.05, 4.69) is 5.32 Å². The van der Waals surface area contributed by atoms with Gasteiger partial charge in [-0.25, -0.2) is 8.42 Å². The summed E-state index contributed by atoms with van der Waals surface area (Å²) in [4.78, 5) is 23.5. The Kier molecular flexibility index (Phi) is 7.79. The molecule has 0 aliphatic heterocycles. The summed E-state index contributed by atoms with van der Waals surface area (Å²) in [5.41, 5.74) is -0.0993. The molecule has 8 nitrogen and oxygen atoms in total. The van der Waals surface area contributed by atoms with Gasteiger partial charge in [0.25, 0.3) is 5.69 Å². The van der Waals surface area contributed by atoms with Crippen molar-refractivity contribution in [2.45, 2.75) is 70.4 Å². The van der Waals surface area contributed by atoms with Crippen molar-refractivity contribution < 1.29 is 18.1 Å². The first-order valence-electron chi connectivity index (χ1n) is 9.78. The molecule has 0 radical (unpaired) electrons. The van der Waals surface area contributed by atoms with Gasteiger partial charge in [-0.15, -0.1) is 0 Å². The average Bonchev–Trinajstić information content (AvgIpc) is 2.60. The molecular weight excluding hydrogens is 382 g/mol. The lowest BCUT2D eigenvalue weighted by Crippen LogP contribution is -2.51. The number of rotatable bonds is 7. The number of hydrogen-bond donors (Lipinski definition) is 1. The Morgan fingerprint density at radius 1 is 1.25 bits per heavy atom. The first kappa shape index (κ1) is 22.1. The maximum atomic E-state index is 13.0. The number of carbonyl (C=O) groups is 1. The van der Waals surface area contributed by atoms with Crippen LogP contribution < -0.4 is 9.62 Å². The minimum atomic E-state index is -3.82. The van der Waals surface area contributed by atoms with Crippen LogP contribution in [0, 0.1) is 10.1 Å². The second-order valence-electron chi connectivity index (χ2n) is 7.31. The van der Waals surface area contributed by atoms with Gasteiger partial charge in [0, 0.05) is 18.2 Å². The maximum absolute atomic E-state index is 13.0. The van der Waals surface area contributed by atoms with E-state index in [1.807, 2.05) is 0 Å². The number of amides is 1. The van der Waals surface area contributed by atoms with Crippen LogP contribution in [0.4, 0.5) is 11.4 Å². The average molecular weight is 412 g/mol. The number of nitrogens with zero attached hydrogens (tertiary/aromatic N) is 2. The topological polar surface area (TPSA) is 110 Å². The molecule has 1 aromatic rings. The highest BCUT2D eigenvalue weighted by Crippen LogP contribution is 2.27. The molecule has 156 valence electrons. The molecule has 1 N–H and O–H groups in total. The number of nitro benzene ring substituents is 1. The lowest BCUT2D eigenvalue weighted by Gasteiger charge is -2.31. The Morgan fingerprint density at radius 2 is 1.86 bits per heavy atom. The third-order valence-corrected chi connectivity index (χ3v) is 6.26. The van der Waals surface area contributed by atoms with E-state index in [1.54, 1.807) is 6.92 Å². The molecule has 0 saturated heterocycles. The quantitative estimate of drug-likeness (QED) is 0.546. The van der Waals surface area contributed by atoms with Crippen molar-refractivity contribution >= 4 is 27.3 Å². The summed E-state index contributed by atoms with van der Waals surface area (Å²) < 4.78 is 26.0. The minimum Gasteiger partial charge on any atom is -0.352 e. The standard InChI is InChI=1S/C19H29N3O5S/c1-3-18(19(23)20-15-10-7-5-4-6-8-11-15)21(28(2,26)27)16-12-9-13-17(14-16)22(24)25/h9,12-15,18H,3-8,10-11H2,1-2H3,(H,20,23)/t18-/m1/s1. The predicted octanol–water partition coefficient (Wildman–Crippen LogP) is 3.37. The van der Waals surface area contributed by atoms with Crippen molar-refractivity contribution in [3.8, 4) is 0 Å². The number of anilines is 1. The van der Waals surface area contributed by atoms with E-state index in [1.165, 1.54) is 30.7 Å². The molecule has 1 aliphatic carbocycles. The van der Waals surface area contributed by atoms with Gasteiger partial charge in [0.2, 0.25) is 15.9 Å². The van der Waals surface area contributed by atoms with E-state index in [4.69, 9.17) is 0 Å². The molecule has 0 bridgehead atoms. The van der Waals surface area contributed by atoms with E-state index in [9.17, 15) is 23.3 Å². The number of carbonyl (C=O) groups excluding carboxylic acids is 1. The molecule has 2 rings (SSSR count). The molecule has 1 saturated carbocycles. The van der Waals surface area contributed by atoms with E-state index < -0.39 is 21.0 Å². The number of non-ortho nitro benzene ring substituents is 1. The largest absolute Gasteiger partial charge is 0.352 e. The molecule has 1 aromatic carbocycles. The van der Waals surface area contributed by atoms with Crippen LogP contribution in [-0.4, -0.2) is 37.6 Å². The van der Waals surface area contributed by atoms with Crippen LogP contribution in [0.2, 0.25) is 0 Å². The summed E-state index contributed by atoms with van der Waals surface area (Å²) >= 11 is 0. The smallest absolute Gasteiger partial charge is 0.271 e. The first-order valence-corrected chi connectivity index (χ1v) is 11.6. The van der Waals surface area contributed by atoms with Gasteiger partial charge in [-0.2, -0.15) is 0 Å². The zero-order valence-electron chi connectivity index (χ0n) is 16.5. The van der Waals surface area contributed by atoms with Gasteiger partial charge < -0.3 is 5.32 Å². The molecular formula is C19H29N3O5S. The lowest BCUT2D eigenvalue weighted by atomic mass is 9.96. The van der Waals surface area contributed by atoms with Crippen molar-refractivity contribution in [1.29, 1.82) is 0 Å². The number of benzene rings is 1. The highest BCUT2D eigenvalue weighted by Gasteiger charge is 2.33. The van der Waals surface area contributed by atoms with Crippen molar-refractivity contribution in [1.82, 2.24) is 5.32 Å². The molecule has 1 aliphatic rings. The second-order valence-corrected chi connectivity index (χ2v) is 9.17. The normalized spacial score (nSPS) is 17.2. The Labute approximate surface area is 166 Å². The molecule has 0 heterocycles. The monoisotopic (exact) mass is 411 g/mol. The van der Waals surface area contributed by atoms with Crippen LogP contribution in [0.15, 0.2) is 24.3 Å². The zero-order chi connectivity index (χ0) is 20.7. The van der Waals surface area contributed by atoms with Crippen LogP contribution >= 0.6 is 0 Å². The van der Waals surface area contributed by atoms with Gasteiger partial charge in [-0.3, -0.25) is 19.2 Å². The van der Waals surface area contributed by atoms with Crippen LogP contribution in [0.25, 0.3) is 0 Å². The molecule has 28 heavy (non-hydrogen) atoms. The van der Waals surface area contributed by atoms with Gasteiger partial charge in [0.1, 0.15) is 6.04 Å². The molecule has 0 spiro atoms. The summed E-state index contributed by atoms with van der Waals surface area (Å²) in [6.07, 6.45) is 8.64. The lowest BCUT2D eigenvalue weighted by molar-refractivity contribution is -0.384. The molecule has 0 aromatic heterocycles. The van der Waals surface area contributed by atoms with Gasteiger partial charge in [0.15, 0.2) is 0 Å². The summed E-state index contributed by atoms with van der Waals surface area (Å²) in [6, 6.07) is 4.45. The van der Waals surface area contributed by atoms with Crippen LogP contribution in [0.5, 0.6) is 0 Å². The highest BCUT2D eigenvalue weighted by atomic mass is 32.2. The fraction of sp³-hybridized carbons (Fsp3) is 0.632. The third kappa shape index (κ3) is 5.92. The predicted molar refractivity (Wildman–Crippen MR) is 109 cm³/mol. The van der Waals surface area contributed by atoms with Crippen LogP contribution in [0.1, 0.15) is 58.3 Å². The van der Waals surface area contributed by atoms with E-state index in [0.29, 0.717) is 0 Å². The third-order valence-electron chi connectivity index (χ3n) is 5.08. The molecule has 9 heteroatoms. The number of hydrogen-bond acceptors (Lipinski definition) is 5. The van der Waals surface area contributed by atoms with Gasteiger partial charge in [-0.05, 0) is 25.3 Å². The number of sulfonamides is 1. The number of nitro groups is 1. The van der Waals surface area contributed by atoms with E-state index >= 15 is 0 Å². The summed E-state index contributed by atoms with van der Waals surface area (Å²) in [5, 5.41) is 14.1. The number of nitrogens with one attached hydrogen (secondary N) is 1. The fourth-order valence-electron chi connectivity index (χ4n) is 3.70. The SMILES string of the molecule is CC[C@H](C(=O)NC1CCCCCCC1)N(c1cccc([N+](=O)[O-])c1)S(C)(=O)=O. The van der Waals surface area contributed by atoms with E-state index in [0.717, 1.165) is 49.1 Å². The highest BCUT2D eigenvalue weighted by molar-refractivity contribution is 7.92. The maximum Gasteiger partial charge on any atom is 0.271 e. The van der Waals surface area contributed by atoms with E-state index in [-0.39, 0.29) is 29.7 Å². The van der Waals surface area contributed by atoms with Crippen molar-refractivity contribution in [2.75, 3.05) is 10.6 Å². The van der Waals surface area contributed by atoms with Crippen molar-refractivity contribution in [3.05, 3.63) is 34.4 Å². The van der Waals surface area contributed by atoms with Crippen LogP contribution in [0.3, 0.4) is 0 Å². The Bertz CT molecular complexity index is 789. The van der Waals surface area contributed by atoms with Crippen molar-refractivity contribution in [3.63, 3.8) is 0 Å². The van der Waals surface area contributed by atoms with Gasteiger partial charge in [-0.1, -0.05) is 45.1 Å². The van der Waals surface area contributed by atoms with Crippen molar-refractivity contribution in [2.24, 2.45) is 0 Å². The van der Waals surface area contributed by atoms with Crippen LogP contribution in [-0.2, 0) is 14.8 Å². The fourth-order valence-corrected chi connectivity index (χ4v) is 4.91. The second kappa shape index (κ2) is 9.86. The summed E-state index contributed by atoms with van der Waals surface area (Å²) in [5.74, 6) is -0.356. The zero-order valence-corrected chi connectivity index (χ0v) is 17.3. The van der Waals surface area contributed by atoms with Gasteiger partial charge in [0.05, 0.1) is 16.9 Å². The molecule has 0 unspecified atom stereocenters. The first-order chi connectivity index (χ1) is 13.2. The van der Waals surface area contributed by atoms with Gasteiger partial charge >= 0.3 is 0 Å². The molecule has 1 atom stereocenters. The Balaban J connectivity index is 2.28. The molecule has 1 fully saturated rings. The summed E-state index contributed by atoms with van der Waals surface area (Å²) in [7, 11) is -3.82. The summed E-state index contributed by atoms with van der Waals surface area (Å²) in [6.45, 7) is 1.73.